The van der Waals surface area contributed by atoms with Gasteiger partial charge in [-0.25, -0.2) is 4.39 Å². The third-order valence-electron chi connectivity index (χ3n) is 4.04. The van der Waals surface area contributed by atoms with Gasteiger partial charge in [-0.2, -0.15) is 0 Å². The number of benzene rings is 2. The molecule has 2 aromatic rings. The normalized spacial score (nSPS) is 15.5. The molecule has 1 aliphatic heterocycles. The van der Waals surface area contributed by atoms with Gasteiger partial charge in [0, 0.05) is 36.8 Å². The van der Waals surface area contributed by atoms with E-state index in [0.717, 1.165) is 11.8 Å². The lowest BCUT2D eigenvalue weighted by Crippen LogP contribution is -2.30. The number of thioether (sulfide) groups is 1. The second-order valence-corrected chi connectivity index (χ2v) is 7.34. The first-order chi connectivity index (χ1) is 12.8. The molecule has 6 nitrogen and oxygen atoms in total. The van der Waals surface area contributed by atoms with E-state index in [4.69, 9.17) is 0 Å². The van der Waals surface area contributed by atoms with Gasteiger partial charge in [-0.3, -0.25) is 14.4 Å². The predicted octanol–water partition coefficient (Wildman–Crippen LogP) is 3.66. The van der Waals surface area contributed by atoms with Gasteiger partial charge in [-0.05, 0) is 47.7 Å². The van der Waals surface area contributed by atoms with Crippen molar-refractivity contribution in [2.45, 2.75) is 17.2 Å². The summed E-state index contributed by atoms with van der Waals surface area (Å²) in [6.45, 7) is 0. The summed E-state index contributed by atoms with van der Waals surface area (Å²) >= 11 is 1.05. The number of halogens is 1. The minimum absolute atomic E-state index is 0.0159. The van der Waals surface area contributed by atoms with Crippen molar-refractivity contribution in [3.63, 3.8) is 0 Å². The first kappa shape index (κ1) is 18.9. The van der Waals surface area contributed by atoms with Gasteiger partial charge in [0.25, 0.3) is 5.24 Å². The average molecular weight is 387 g/mol. The lowest BCUT2D eigenvalue weighted by molar-refractivity contribution is -0.123. The summed E-state index contributed by atoms with van der Waals surface area (Å²) in [5.41, 5.74) is 1.40. The SMILES string of the molecule is CN(C)C(=O)Sc1cccc(NC(=O)[C@H]2CC(=O)Nc3cc(F)ccc32)c1. The number of anilines is 2. The second kappa shape index (κ2) is 7.79. The first-order valence-electron chi connectivity index (χ1n) is 8.23. The van der Waals surface area contributed by atoms with Crippen molar-refractivity contribution in [3.8, 4) is 0 Å². The van der Waals surface area contributed by atoms with E-state index >= 15 is 0 Å². The topological polar surface area (TPSA) is 78.5 Å². The number of amides is 3. The molecule has 0 saturated heterocycles. The summed E-state index contributed by atoms with van der Waals surface area (Å²) in [5, 5.41) is 5.24. The highest BCUT2D eigenvalue weighted by molar-refractivity contribution is 8.13. The van der Waals surface area contributed by atoms with E-state index in [0.29, 0.717) is 21.8 Å². The van der Waals surface area contributed by atoms with Crippen LogP contribution in [0.3, 0.4) is 0 Å². The Labute approximate surface area is 160 Å². The monoisotopic (exact) mass is 387 g/mol. The van der Waals surface area contributed by atoms with Gasteiger partial charge in [0.05, 0.1) is 5.92 Å². The van der Waals surface area contributed by atoms with Crippen LogP contribution in [0, 0.1) is 5.82 Å². The predicted molar refractivity (Wildman–Crippen MR) is 102 cm³/mol. The van der Waals surface area contributed by atoms with E-state index in [2.05, 4.69) is 10.6 Å². The van der Waals surface area contributed by atoms with Crippen molar-refractivity contribution in [2.75, 3.05) is 24.7 Å². The molecule has 0 bridgehead atoms. The van der Waals surface area contributed by atoms with Gasteiger partial charge in [0.2, 0.25) is 11.8 Å². The van der Waals surface area contributed by atoms with Crippen molar-refractivity contribution < 1.29 is 18.8 Å². The lowest BCUT2D eigenvalue weighted by Gasteiger charge is -2.25. The van der Waals surface area contributed by atoms with Crippen molar-refractivity contribution >= 4 is 40.2 Å². The van der Waals surface area contributed by atoms with Gasteiger partial charge in [-0.1, -0.05) is 12.1 Å². The summed E-state index contributed by atoms with van der Waals surface area (Å²) in [6, 6.07) is 10.9. The molecule has 27 heavy (non-hydrogen) atoms. The van der Waals surface area contributed by atoms with E-state index in [-0.39, 0.29) is 23.5 Å². The largest absolute Gasteiger partial charge is 0.339 e. The fourth-order valence-electron chi connectivity index (χ4n) is 2.73. The van der Waals surface area contributed by atoms with Gasteiger partial charge >= 0.3 is 0 Å². The van der Waals surface area contributed by atoms with E-state index in [1.54, 1.807) is 38.4 Å². The van der Waals surface area contributed by atoms with Crippen LogP contribution in [0.4, 0.5) is 20.6 Å². The molecule has 0 saturated carbocycles. The molecular formula is C19H18FN3O3S. The molecule has 0 fully saturated rings. The van der Waals surface area contributed by atoms with Gasteiger partial charge in [0.15, 0.2) is 0 Å². The molecule has 1 heterocycles. The molecule has 0 unspecified atom stereocenters. The minimum Gasteiger partial charge on any atom is -0.339 e. The molecular weight excluding hydrogens is 369 g/mol. The molecule has 3 rings (SSSR count). The molecule has 3 amide bonds. The number of carbonyl (C=O) groups excluding carboxylic acids is 3. The van der Waals surface area contributed by atoms with E-state index < -0.39 is 11.7 Å². The Morgan fingerprint density at radius 3 is 2.74 bits per heavy atom. The smallest absolute Gasteiger partial charge is 0.285 e. The van der Waals surface area contributed by atoms with Crippen LogP contribution in [-0.4, -0.2) is 36.0 Å². The molecule has 2 aromatic carbocycles. The average Bonchev–Trinajstić information content (AvgIpc) is 2.60. The third kappa shape index (κ3) is 4.46. The molecule has 1 atom stereocenters. The number of carbonyl (C=O) groups is 3. The highest BCUT2D eigenvalue weighted by Crippen LogP contribution is 2.34. The summed E-state index contributed by atoms with van der Waals surface area (Å²) in [6.07, 6.45) is -0.0159. The van der Waals surface area contributed by atoms with Crippen molar-refractivity contribution in [3.05, 3.63) is 53.8 Å². The zero-order valence-corrected chi connectivity index (χ0v) is 15.6. The second-order valence-electron chi connectivity index (χ2n) is 6.32. The maximum absolute atomic E-state index is 13.4. The number of hydrogen-bond donors (Lipinski definition) is 2. The highest BCUT2D eigenvalue weighted by atomic mass is 32.2. The summed E-state index contributed by atoms with van der Waals surface area (Å²) < 4.78 is 13.4. The van der Waals surface area contributed by atoms with Crippen LogP contribution in [0.5, 0.6) is 0 Å². The van der Waals surface area contributed by atoms with E-state index in [1.165, 1.54) is 23.1 Å². The highest BCUT2D eigenvalue weighted by Gasteiger charge is 2.31. The zero-order chi connectivity index (χ0) is 19.6. The van der Waals surface area contributed by atoms with Gasteiger partial charge < -0.3 is 15.5 Å². The van der Waals surface area contributed by atoms with Crippen LogP contribution >= 0.6 is 11.8 Å². The molecule has 1 aliphatic rings. The number of hydrogen-bond acceptors (Lipinski definition) is 4. The van der Waals surface area contributed by atoms with Crippen LogP contribution in [0.1, 0.15) is 17.9 Å². The Morgan fingerprint density at radius 2 is 2.00 bits per heavy atom. The maximum Gasteiger partial charge on any atom is 0.285 e. The Balaban J connectivity index is 1.78. The van der Waals surface area contributed by atoms with E-state index in [1.807, 2.05) is 0 Å². The number of rotatable bonds is 3. The molecule has 2 N–H and O–H groups in total. The zero-order valence-electron chi connectivity index (χ0n) is 14.8. The molecule has 0 spiro atoms. The standard InChI is InChI=1S/C19H18FN3O3S/c1-23(2)19(26)27-13-5-3-4-12(9-13)21-18(25)15-10-17(24)22-16-8-11(20)6-7-14(15)16/h3-9,15H,10H2,1-2H3,(H,21,25)(H,22,24)/t15-/m0/s1. The Kier molecular flexibility index (Phi) is 5.46. The van der Waals surface area contributed by atoms with Crippen molar-refractivity contribution in [1.82, 2.24) is 4.90 Å². The number of nitrogens with zero attached hydrogens (tertiary/aromatic N) is 1. The number of fused-ring (bicyclic) bond motifs is 1. The van der Waals surface area contributed by atoms with Crippen LogP contribution in [0.25, 0.3) is 0 Å². The quantitative estimate of drug-likeness (QED) is 0.788. The molecule has 0 radical (unpaired) electrons. The Morgan fingerprint density at radius 1 is 1.22 bits per heavy atom. The van der Waals surface area contributed by atoms with Crippen LogP contribution < -0.4 is 10.6 Å². The maximum atomic E-state index is 13.4. The van der Waals surface area contributed by atoms with Crippen LogP contribution in [0.15, 0.2) is 47.4 Å². The minimum atomic E-state index is -0.714. The summed E-state index contributed by atoms with van der Waals surface area (Å²) in [7, 11) is 3.32. The number of nitrogens with one attached hydrogen (secondary N) is 2. The lowest BCUT2D eigenvalue weighted by atomic mass is 9.89. The van der Waals surface area contributed by atoms with Crippen LogP contribution in [0.2, 0.25) is 0 Å². The van der Waals surface area contributed by atoms with Crippen molar-refractivity contribution in [1.29, 1.82) is 0 Å². The molecule has 0 aromatic heterocycles. The molecule has 8 heteroatoms. The molecule has 140 valence electrons. The Hall–Kier alpha value is -2.87. The van der Waals surface area contributed by atoms with E-state index in [9.17, 15) is 18.8 Å². The van der Waals surface area contributed by atoms with Crippen molar-refractivity contribution in [2.24, 2.45) is 0 Å². The summed E-state index contributed by atoms with van der Waals surface area (Å²) in [5.74, 6) is -1.90. The molecule has 0 aliphatic carbocycles. The fraction of sp³-hybridized carbons (Fsp3) is 0.211. The van der Waals surface area contributed by atoms with Gasteiger partial charge in [0.1, 0.15) is 5.82 Å². The summed E-state index contributed by atoms with van der Waals surface area (Å²) in [4.78, 5) is 38.6. The third-order valence-corrected chi connectivity index (χ3v) is 5.07. The Bertz CT molecular complexity index is 917. The first-order valence-corrected chi connectivity index (χ1v) is 9.04. The fourth-order valence-corrected chi connectivity index (χ4v) is 3.45. The van der Waals surface area contributed by atoms with Crippen LogP contribution in [-0.2, 0) is 9.59 Å². The van der Waals surface area contributed by atoms with Gasteiger partial charge in [-0.15, -0.1) is 0 Å².